The number of hydrogen-bond acceptors (Lipinski definition) is 6. The zero-order chi connectivity index (χ0) is 30.7. The molecular formula is C36H62O6. The summed E-state index contributed by atoms with van der Waals surface area (Å²) in [4.78, 5) is 24.1. The fourth-order valence-corrected chi connectivity index (χ4v) is 4.77. The zero-order valence-electron chi connectivity index (χ0n) is 27.1. The van der Waals surface area contributed by atoms with E-state index in [1.54, 1.807) is 0 Å². The molecule has 0 saturated carbocycles. The van der Waals surface area contributed by atoms with Gasteiger partial charge in [-0.25, -0.2) is 0 Å². The van der Waals surface area contributed by atoms with Crippen LogP contribution in [-0.2, 0) is 23.8 Å². The Morgan fingerprint density at radius 2 is 1.33 bits per heavy atom. The van der Waals surface area contributed by atoms with E-state index in [1.807, 2.05) is 0 Å². The molecule has 3 atom stereocenters. The van der Waals surface area contributed by atoms with Crippen LogP contribution in [0.5, 0.6) is 0 Å². The summed E-state index contributed by atoms with van der Waals surface area (Å²) in [5.41, 5.74) is 0. The molecule has 0 aliphatic carbocycles. The molecule has 2 unspecified atom stereocenters. The standard InChI is InChI=1S/C36H62O6/c1-4-5-6-7-8-9-12-15-20-25-33-34(42-33)26-21-17-18-23-28-36(39)41-32(29-37)30-40-35(38)27-22-16-13-10-11-14-19-24-31(2)3/h8-9,15,17,20-21,31-34,37H,4-7,10-14,16,18-19,22-30H2,1-3H3/b9-8-,20-15-,21-17-/t32-,33?,34?/m0/s1. The number of unbranched alkanes of at least 4 members (excludes halogenated alkanes) is 10. The van der Waals surface area contributed by atoms with Gasteiger partial charge in [0.15, 0.2) is 6.10 Å². The molecule has 1 heterocycles. The highest BCUT2D eigenvalue weighted by atomic mass is 16.6. The van der Waals surface area contributed by atoms with E-state index in [1.165, 1.54) is 57.8 Å². The summed E-state index contributed by atoms with van der Waals surface area (Å²) in [6.07, 6.45) is 32.4. The lowest BCUT2D eigenvalue weighted by atomic mass is 10.0. The van der Waals surface area contributed by atoms with E-state index in [0.717, 1.165) is 50.9 Å². The Labute approximate surface area is 257 Å². The Morgan fingerprint density at radius 3 is 2.02 bits per heavy atom. The Bertz CT molecular complexity index is 756. The van der Waals surface area contributed by atoms with Gasteiger partial charge in [0.25, 0.3) is 0 Å². The summed E-state index contributed by atoms with van der Waals surface area (Å²) < 4.78 is 16.2. The van der Waals surface area contributed by atoms with E-state index in [9.17, 15) is 14.7 Å². The highest BCUT2D eigenvalue weighted by Gasteiger charge is 2.35. The molecule has 0 radical (unpaired) electrons. The number of aliphatic hydroxyl groups excluding tert-OH is 1. The molecule has 1 N–H and O–H groups in total. The monoisotopic (exact) mass is 590 g/mol. The Hall–Kier alpha value is -1.92. The van der Waals surface area contributed by atoms with Crippen molar-refractivity contribution in [1.82, 2.24) is 0 Å². The third kappa shape index (κ3) is 23.6. The molecule has 0 aromatic rings. The predicted molar refractivity (Wildman–Crippen MR) is 172 cm³/mol. The van der Waals surface area contributed by atoms with Gasteiger partial charge in [0, 0.05) is 12.8 Å². The number of carbonyl (C=O) groups is 2. The lowest BCUT2D eigenvalue weighted by Crippen LogP contribution is -2.28. The highest BCUT2D eigenvalue weighted by molar-refractivity contribution is 5.70. The fourth-order valence-electron chi connectivity index (χ4n) is 4.77. The lowest BCUT2D eigenvalue weighted by Gasteiger charge is -2.15. The molecule has 6 nitrogen and oxygen atoms in total. The van der Waals surface area contributed by atoms with Crippen molar-refractivity contribution >= 4 is 11.9 Å². The second kappa shape index (κ2) is 26.7. The number of ether oxygens (including phenoxy) is 3. The van der Waals surface area contributed by atoms with Crippen molar-refractivity contribution in [3.05, 3.63) is 36.5 Å². The van der Waals surface area contributed by atoms with E-state index in [0.29, 0.717) is 25.0 Å². The van der Waals surface area contributed by atoms with Crippen molar-refractivity contribution in [2.45, 2.75) is 161 Å². The quantitative estimate of drug-likeness (QED) is 0.0424. The van der Waals surface area contributed by atoms with Crippen molar-refractivity contribution in [3.63, 3.8) is 0 Å². The number of allylic oxidation sites excluding steroid dienone is 4. The molecule has 1 fully saturated rings. The van der Waals surface area contributed by atoms with Crippen molar-refractivity contribution < 1.29 is 28.9 Å². The second-order valence-corrected chi connectivity index (χ2v) is 12.1. The fraction of sp³-hybridized carbons (Fsp3) is 0.778. The average molecular weight is 591 g/mol. The SMILES string of the molecule is CCCCC/C=C\C/C=C\CC1OC1C/C=C\CCCC(=O)O[C@@H](CO)COC(=O)CCCCCCCCCC(C)C. The van der Waals surface area contributed by atoms with Crippen LogP contribution in [0.15, 0.2) is 36.5 Å². The highest BCUT2D eigenvalue weighted by Crippen LogP contribution is 2.29. The van der Waals surface area contributed by atoms with E-state index in [2.05, 4.69) is 57.2 Å². The van der Waals surface area contributed by atoms with Crippen molar-refractivity contribution in [2.75, 3.05) is 13.2 Å². The van der Waals surface area contributed by atoms with Gasteiger partial charge in [-0.05, 0) is 57.3 Å². The summed E-state index contributed by atoms with van der Waals surface area (Å²) in [7, 11) is 0. The molecule has 1 rings (SSSR count). The molecule has 0 aromatic heterocycles. The first-order valence-electron chi connectivity index (χ1n) is 17.0. The van der Waals surface area contributed by atoms with Crippen LogP contribution >= 0.6 is 0 Å². The second-order valence-electron chi connectivity index (χ2n) is 12.1. The molecule has 242 valence electrons. The van der Waals surface area contributed by atoms with Gasteiger partial charge in [-0.2, -0.15) is 0 Å². The van der Waals surface area contributed by atoms with Crippen molar-refractivity contribution in [1.29, 1.82) is 0 Å². The van der Waals surface area contributed by atoms with Crippen LogP contribution in [0.2, 0.25) is 0 Å². The van der Waals surface area contributed by atoms with E-state index < -0.39 is 6.10 Å². The van der Waals surface area contributed by atoms with Crippen LogP contribution in [0, 0.1) is 5.92 Å². The first-order chi connectivity index (χ1) is 20.5. The first kappa shape index (κ1) is 38.1. The topological polar surface area (TPSA) is 85.4 Å². The van der Waals surface area contributed by atoms with Crippen molar-refractivity contribution in [2.24, 2.45) is 5.92 Å². The average Bonchev–Trinajstić information content (AvgIpc) is 3.72. The molecule has 0 amide bonds. The van der Waals surface area contributed by atoms with Gasteiger partial charge in [-0.1, -0.05) is 115 Å². The molecule has 42 heavy (non-hydrogen) atoms. The predicted octanol–water partition coefficient (Wildman–Crippen LogP) is 8.96. The summed E-state index contributed by atoms with van der Waals surface area (Å²) in [6.45, 7) is 6.31. The van der Waals surface area contributed by atoms with Gasteiger partial charge in [-0.3, -0.25) is 9.59 Å². The van der Waals surface area contributed by atoms with E-state index >= 15 is 0 Å². The van der Waals surface area contributed by atoms with Crippen LogP contribution in [-0.4, -0.2) is 48.6 Å². The van der Waals surface area contributed by atoms with Gasteiger partial charge in [0.05, 0.1) is 18.8 Å². The summed E-state index contributed by atoms with van der Waals surface area (Å²) in [5.74, 6) is 0.115. The third-order valence-corrected chi connectivity index (χ3v) is 7.52. The molecule has 0 spiro atoms. The molecule has 1 saturated heterocycles. The van der Waals surface area contributed by atoms with E-state index in [-0.39, 0.29) is 31.6 Å². The minimum Gasteiger partial charge on any atom is -0.462 e. The van der Waals surface area contributed by atoms with Gasteiger partial charge in [0.1, 0.15) is 6.61 Å². The Balaban J connectivity index is 1.98. The molecule has 0 bridgehead atoms. The maximum absolute atomic E-state index is 12.1. The third-order valence-electron chi connectivity index (χ3n) is 7.52. The lowest BCUT2D eigenvalue weighted by molar-refractivity contribution is -0.161. The number of hydrogen-bond donors (Lipinski definition) is 1. The maximum atomic E-state index is 12.1. The smallest absolute Gasteiger partial charge is 0.306 e. The zero-order valence-corrected chi connectivity index (χ0v) is 27.1. The van der Waals surface area contributed by atoms with Crippen LogP contribution in [0.25, 0.3) is 0 Å². The molecule has 0 aromatic carbocycles. The van der Waals surface area contributed by atoms with Gasteiger partial charge >= 0.3 is 11.9 Å². The van der Waals surface area contributed by atoms with Crippen LogP contribution < -0.4 is 0 Å². The van der Waals surface area contributed by atoms with Crippen LogP contribution in [0.3, 0.4) is 0 Å². The molecule has 6 heteroatoms. The van der Waals surface area contributed by atoms with Crippen LogP contribution in [0.1, 0.15) is 143 Å². The Kier molecular flexibility index (Phi) is 24.2. The van der Waals surface area contributed by atoms with Gasteiger partial charge in [-0.15, -0.1) is 0 Å². The van der Waals surface area contributed by atoms with Crippen LogP contribution in [0.4, 0.5) is 0 Å². The number of epoxide rings is 1. The van der Waals surface area contributed by atoms with Gasteiger partial charge < -0.3 is 19.3 Å². The summed E-state index contributed by atoms with van der Waals surface area (Å²) in [6, 6.07) is 0. The number of carbonyl (C=O) groups excluding carboxylic acids is 2. The first-order valence-corrected chi connectivity index (χ1v) is 17.0. The summed E-state index contributed by atoms with van der Waals surface area (Å²) in [5, 5.41) is 9.50. The van der Waals surface area contributed by atoms with Gasteiger partial charge in [0.2, 0.25) is 0 Å². The maximum Gasteiger partial charge on any atom is 0.306 e. The van der Waals surface area contributed by atoms with E-state index in [4.69, 9.17) is 14.2 Å². The number of esters is 2. The van der Waals surface area contributed by atoms with Crippen molar-refractivity contribution in [3.8, 4) is 0 Å². The minimum absolute atomic E-state index is 0.0929. The molecule has 1 aliphatic heterocycles. The number of aliphatic hydroxyl groups is 1. The minimum atomic E-state index is -0.803. The normalized spacial score (nSPS) is 17.5. The molecular weight excluding hydrogens is 528 g/mol. The number of rotatable bonds is 28. The largest absolute Gasteiger partial charge is 0.462 e. The Morgan fingerprint density at radius 1 is 0.738 bits per heavy atom. The molecule has 1 aliphatic rings. The summed E-state index contributed by atoms with van der Waals surface area (Å²) >= 11 is 0.